The minimum Gasteiger partial charge on any atom is -0.480 e. The lowest BCUT2D eigenvalue weighted by Crippen LogP contribution is -2.75. The summed E-state index contributed by atoms with van der Waals surface area (Å²) in [6, 6.07) is 0. The number of carboxylic acid groups (broad SMARTS) is 1. The first-order valence-electron chi connectivity index (χ1n) is 14.6. The largest absolute Gasteiger partial charge is 0.480 e. The number of alkyl halides is 16. The number of halogens is 16. The average Bonchev–Trinajstić information content (AvgIpc) is 2.94. The van der Waals surface area contributed by atoms with Crippen molar-refractivity contribution >= 4 is 5.97 Å². The molecule has 0 aromatic heterocycles. The Morgan fingerprint density at radius 2 is 0.851 bits per heavy atom. The molecule has 0 spiro atoms. The second kappa shape index (κ2) is 17.3. The van der Waals surface area contributed by atoms with Gasteiger partial charge in [-0.25, -0.2) is 4.79 Å². The van der Waals surface area contributed by atoms with Crippen molar-refractivity contribution in [2.45, 2.75) is 132 Å². The predicted octanol–water partition coefficient (Wildman–Crippen LogP) is 10.1. The van der Waals surface area contributed by atoms with Crippen LogP contribution in [0.1, 0.15) is 84.5 Å². The first-order valence-corrected chi connectivity index (χ1v) is 14.6. The molecule has 20 heteroatoms. The van der Waals surface area contributed by atoms with E-state index in [1.807, 2.05) is 13.8 Å². The highest BCUT2D eigenvalue weighted by Crippen LogP contribution is 2.63. The van der Waals surface area contributed by atoms with Gasteiger partial charge in [0.2, 0.25) is 0 Å². The molecule has 282 valence electrons. The van der Waals surface area contributed by atoms with Crippen molar-refractivity contribution in [2.24, 2.45) is 5.92 Å². The van der Waals surface area contributed by atoms with Crippen LogP contribution in [-0.4, -0.2) is 84.9 Å². The van der Waals surface area contributed by atoms with E-state index in [2.05, 4.69) is 9.47 Å². The molecule has 0 saturated carbocycles. The first kappa shape index (κ1) is 45.3. The van der Waals surface area contributed by atoms with Crippen LogP contribution >= 0.6 is 0 Å². The second-order valence-electron chi connectivity index (χ2n) is 11.1. The molecular formula is C27H38F16O4. The fourth-order valence-corrected chi connectivity index (χ4v) is 4.30. The zero-order valence-electron chi connectivity index (χ0n) is 25.4. The lowest BCUT2D eigenvalue weighted by atomic mass is 9.87. The van der Waals surface area contributed by atoms with Crippen LogP contribution in [-0.2, 0) is 14.3 Å². The van der Waals surface area contributed by atoms with Crippen molar-refractivity contribution < 1.29 is 89.6 Å². The topological polar surface area (TPSA) is 55.8 Å². The molecule has 0 saturated heterocycles. The van der Waals surface area contributed by atoms with Crippen LogP contribution in [0.3, 0.4) is 0 Å². The van der Waals surface area contributed by atoms with Gasteiger partial charge in [0.1, 0.15) is 19.8 Å². The third kappa shape index (κ3) is 10.2. The summed E-state index contributed by atoms with van der Waals surface area (Å²) in [5.41, 5.74) is 0. The average molecular weight is 731 g/mol. The molecule has 0 unspecified atom stereocenters. The first-order chi connectivity index (χ1) is 21.2. The van der Waals surface area contributed by atoms with Crippen LogP contribution in [0.2, 0.25) is 0 Å². The normalized spacial score (nSPS) is 14.7. The monoisotopic (exact) mass is 730 g/mol. The Bertz CT molecular complexity index is 932. The molecule has 0 atom stereocenters. The zero-order chi connectivity index (χ0) is 37.2. The maximum absolute atomic E-state index is 14.2. The molecule has 0 amide bonds. The molecule has 4 nitrogen and oxygen atoms in total. The standard InChI is InChI=1S/C27H38F16O4/c1-3-5-7-9-11-18(12-10-8-6-4-2)13-14-46-16-20(28,29)22(32,33)24(36,37)26(40,41)27(42,43)25(38,39)23(34,35)21(30,31)17-47-15-19(44)45/h18H,3-17H2,1-2H3,(H,44,45). The zero-order valence-corrected chi connectivity index (χ0v) is 25.4. The summed E-state index contributed by atoms with van der Waals surface area (Å²) in [6.07, 6.45) is 7.40. The fourth-order valence-electron chi connectivity index (χ4n) is 4.30. The van der Waals surface area contributed by atoms with E-state index in [4.69, 9.17) is 5.11 Å². The maximum atomic E-state index is 14.2. The minimum absolute atomic E-state index is 0.101. The molecular weight excluding hydrogens is 692 g/mol. The summed E-state index contributed by atoms with van der Waals surface area (Å²) in [7, 11) is 0. The number of carboxylic acids is 1. The summed E-state index contributed by atoms with van der Waals surface area (Å²) in [6.45, 7) is -4.96. The Morgan fingerprint density at radius 1 is 0.511 bits per heavy atom. The highest BCUT2D eigenvalue weighted by atomic mass is 19.4. The van der Waals surface area contributed by atoms with Gasteiger partial charge in [-0.3, -0.25) is 0 Å². The van der Waals surface area contributed by atoms with E-state index in [-0.39, 0.29) is 12.3 Å². The van der Waals surface area contributed by atoms with Crippen molar-refractivity contribution in [3.05, 3.63) is 0 Å². The molecule has 0 aromatic rings. The number of hydrogen-bond donors (Lipinski definition) is 1. The molecule has 0 aliphatic heterocycles. The van der Waals surface area contributed by atoms with E-state index in [0.717, 1.165) is 38.5 Å². The number of aliphatic carboxylic acids is 1. The van der Waals surface area contributed by atoms with Gasteiger partial charge in [-0.2, -0.15) is 70.2 Å². The van der Waals surface area contributed by atoms with Gasteiger partial charge in [-0.05, 0) is 12.3 Å². The van der Waals surface area contributed by atoms with Crippen LogP contribution in [0.25, 0.3) is 0 Å². The Hall–Kier alpha value is -1.73. The van der Waals surface area contributed by atoms with Gasteiger partial charge in [-0.15, -0.1) is 0 Å². The smallest absolute Gasteiger partial charge is 0.385 e. The molecule has 1 N–H and O–H groups in total. The van der Waals surface area contributed by atoms with E-state index in [9.17, 15) is 75.0 Å². The van der Waals surface area contributed by atoms with Gasteiger partial charge in [0, 0.05) is 6.61 Å². The van der Waals surface area contributed by atoms with E-state index in [1.54, 1.807) is 0 Å². The second-order valence-corrected chi connectivity index (χ2v) is 11.1. The van der Waals surface area contributed by atoms with Crippen molar-refractivity contribution in [2.75, 3.05) is 26.4 Å². The Morgan fingerprint density at radius 3 is 1.19 bits per heavy atom. The summed E-state index contributed by atoms with van der Waals surface area (Å²) in [5.74, 6) is -64.9. The van der Waals surface area contributed by atoms with Gasteiger partial charge in [0.15, 0.2) is 0 Å². The quantitative estimate of drug-likeness (QED) is 0.0712. The predicted molar refractivity (Wildman–Crippen MR) is 134 cm³/mol. The van der Waals surface area contributed by atoms with Crippen molar-refractivity contribution in [3.63, 3.8) is 0 Å². The maximum Gasteiger partial charge on any atom is 0.385 e. The number of carbonyl (C=O) groups is 1. The summed E-state index contributed by atoms with van der Waals surface area (Å²) < 4.78 is 232. The van der Waals surface area contributed by atoms with Crippen molar-refractivity contribution in [1.82, 2.24) is 0 Å². The molecule has 0 bridgehead atoms. The summed E-state index contributed by atoms with van der Waals surface area (Å²) >= 11 is 0. The van der Waals surface area contributed by atoms with E-state index < -0.39 is 79.8 Å². The molecule has 0 aliphatic rings. The van der Waals surface area contributed by atoms with Gasteiger partial charge < -0.3 is 14.6 Å². The third-order valence-corrected chi connectivity index (χ3v) is 7.28. The minimum atomic E-state index is -8.56. The lowest BCUT2D eigenvalue weighted by molar-refractivity contribution is -0.455. The van der Waals surface area contributed by atoms with E-state index in [1.165, 1.54) is 0 Å². The van der Waals surface area contributed by atoms with Gasteiger partial charge in [0.05, 0.1) is 0 Å². The molecule has 0 radical (unpaired) electrons. The van der Waals surface area contributed by atoms with Crippen molar-refractivity contribution in [3.8, 4) is 0 Å². The van der Waals surface area contributed by atoms with Crippen molar-refractivity contribution in [1.29, 1.82) is 0 Å². The Balaban J connectivity index is 5.96. The van der Waals surface area contributed by atoms with Gasteiger partial charge in [-0.1, -0.05) is 78.1 Å². The number of unbranched alkanes of at least 4 members (excludes halogenated alkanes) is 6. The van der Waals surface area contributed by atoms with E-state index >= 15 is 0 Å². The summed E-state index contributed by atoms with van der Waals surface area (Å²) in [5, 5.41) is 8.18. The number of hydrogen-bond acceptors (Lipinski definition) is 3. The van der Waals surface area contributed by atoms with Gasteiger partial charge >= 0.3 is 53.3 Å². The highest BCUT2D eigenvalue weighted by molar-refractivity contribution is 5.68. The van der Waals surface area contributed by atoms with Crippen LogP contribution in [0, 0.1) is 5.92 Å². The van der Waals surface area contributed by atoms with E-state index in [0.29, 0.717) is 25.7 Å². The van der Waals surface area contributed by atoms with Crippen LogP contribution in [0.5, 0.6) is 0 Å². The highest BCUT2D eigenvalue weighted by Gasteiger charge is 2.94. The lowest BCUT2D eigenvalue weighted by Gasteiger charge is -2.43. The van der Waals surface area contributed by atoms with Crippen LogP contribution < -0.4 is 0 Å². The van der Waals surface area contributed by atoms with Gasteiger partial charge in [0.25, 0.3) is 0 Å². The fraction of sp³-hybridized carbons (Fsp3) is 0.963. The molecule has 47 heavy (non-hydrogen) atoms. The number of ether oxygens (including phenoxy) is 2. The third-order valence-electron chi connectivity index (χ3n) is 7.28. The molecule has 0 rings (SSSR count). The Labute approximate surface area is 260 Å². The Kier molecular flexibility index (Phi) is 16.6. The summed E-state index contributed by atoms with van der Waals surface area (Å²) in [4.78, 5) is 10.2. The number of rotatable bonds is 26. The molecule has 0 aromatic carbocycles. The molecule has 0 heterocycles. The van der Waals surface area contributed by atoms with Crippen LogP contribution in [0.4, 0.5) is 70.2 Å². The van der Waals surface area contributed by atoms with Crippen LogP contribution in [0.15, 0.2) is 0 Å². The molecule has 0 aliphatic carbocycles. The SMILES string of the molecule is CCCCCCC(CCCCCC)CCOCC(F)(F)C(F)(F)C(F)(F)C(F)(F)C(F)(F)C(F)(F)C(F)(F)C(F)(F)COCC(=O)O. The molecule has 0 fully saturated rings.